The van der Waals surface area contributed by atoms with Crippen molar-refractivity contribution in [1.29, 1.82) is 0 Å². The van der Waals surface area contributed by atoms with Crippen molar-refractivity contribution in [2.75, 3.05) is 12.5 Å². The number of hydrogen-bond donors (Lipinski definition) is 2. The fourth-order valence-corrected chi connectivity index (χ4v) is 1.87. The second-order valence-electron chi connectivity index (χ2n) is 3.79. The van der Waals surface area contributed by atoms with Crippen molar-refractivity contribution in [3.63, 3.8) is 0 Å². The van der Waals surface area contributed by atoms with Gasteiger partial charge in [-0.3, -0.25) is 5.43 Å². The molecule has 5 nitrogen and oxygen atoms in total. The number of rotatable bonds is 4. The summed E-state index contributed by atoms with van der Waals surface area (Å²) in [5.41, 5.74) is 3.39. The van der Waals surface area contributed by atoms with Crippen LogP contribution in [0.4, 0.5) is 5.82 Å². The molecule has 20 heavy (non-hydrogen) atoms. The minimum atomic E-state index is 0.0408. The van der Waals surface area contributed by atoms with Crippen molar-refractivity contribution < 1.29 is 9.84 Å². The van der Waals surface area contributed by atoms with Gasteiger partial charge in [-0.15, -0.1) is 0 Å². The number of nitrogens with one attached hydrogen (secondary N) is 1. The number of hydrazone groups is 1. The molecule has 1 aromatic carbocycles. The summed E-state index contributed by atoms with van der Waals surface area (Å²) in [4.78, 5) is 4.00. The third kappa shape index (κ3) is 3.53. The number of methoxy groups -OCH3 is 1. The number of pyridine rings is 1. The molecule has 104 valence electrons. The van der Waals surface area contributed by atoms with Crippen LogP contribution in [0, 0.1) is 0 Å². The maximum absolute atomic E-state index is 9.63. The van der Waals surface area contributed by atoms with Crippen LogP contribution >= 0.6 is 23.2 Å². The Hall–Kier alpha value is -1.98. The molecule has 0 saturated heterocycles. The van der Waals surface area contributed by atoms with Crippen LogP contribution in [0.25, 0.3) is 0 Å². The monoisotopic (exact) mass is 311 g/mol. The third-order valence-electron chi connectivity index (χ3n) is 2.39. The third-order valence-corrected chi connectivity index (χ3v) is 2.89. The lowest BCUT2D eigenvalue weighted by Crippen LogP contribution is -1.94. The lowest BCUT2D eigenvalue weighted by Gasteiger charge is -2.04. The zero-order chi connectivity index (χ0) is 14.5. The molecular formula is C13H11Cl2N3O2. The van der Waals surface area contributed by atoms with E-state index in [2.05, 4.69) is 15.5 Å². The minimum absolute atomic E-state index is 0.0408. The van der Waals surface area contributed by atoms with E-state index in [4.69, 9.17) is 27.9 Å². The average molecular weight is 312 g/mol. The Morgan fingerprint density at radius 1 is 1.35 bits per heavy atom. The first-order valence-corrected chi connectivity index (χ1v) is 6.33. The molecule has 1 aromatic heterocycles. The van der Waals surface area contributed by atoms with E-state index < -0.39 is 0 Å². The molecule has 0 spiro atoms. The van der Waals surface area contributed by atoms with Crippen molar-refractivity contribution >= 4 is 35.2 Å². The Bertz CT molecular complexity index is 648. The van der Waals surface area contributed by atoms with Crippen molar-refractivity contribution in [3.05, 3.63) is 46.1 Å². The number of aromatic hydroxyl groups is 1. The Balaban J connectivity index is 2.08. The van der Waals surface area contributed by atoms with Gasteiger partial charge >= 0.3 is 0 Å². The molecule has 0 aliphatic rings. The zero-order valence-corrected chi connectivity index (χ0v) is 12.0. The van der Waals surface area contributed by atoms with E-state index >= 15 is 0 Å². The second-order valence-corrected chi connectivity index (χ2v) is 4.63. The molecule has 0 fully saturated rings. The molecule has 0 atom stereocenters. The van der Waals surface area contributed by atoms with Crippen LogP contribution < -0.4 is 10.2 Å². The highest BCUT2D eigenvalue weighted by Gasteiger charge is 2.02. The predicted molar refractivity (Wildman–Crippen MR) is 80.1 cm³/mol. The van der Waals surface area contributed by atoms with Gasteiger partial charge in [-0.05, 0) is 29.8 Å². The molecule has 0 amide bonds. The number of halogens is 2. The summed E-state index contributed by atoms with van der Waals surface area (Å²) in [6, 6.07) is 6.49. The van der Waals surface area contributed by atoms with Crippen LogP contribution in [0.2, 0.25) is 10.0 Å². The first kappa shape index (κ1) is 14.4. The number of phenolic OH excluding ortho intramolecular Hbond substituents is 1. The summed E-state index contributed by atoms with van der Waals surface area (Å²) in [7, 11) is 1.48. The van der Waals surface area contributed by atoms with Crippen molar-refractivity contribution in [2.45, 2.75) is 0 Å². The van der Waals surface area contributed by atoms with Gasteiger partial charge in [-0.25, -0.2) is 4.98 Å². The molecule has 0 radical (unpaired) electrons. The number of phenols is 1. The molecule has 0 aliphatic heterocycles. The lowest BCUT2D eigenvalue weighted by atomic mass is 10.2. The Labute approximate surface area is 125 Å². The molecule has 7 heteroatoms. The van der Waals surface area contributed by atoms with Gasteiger partial charge in [0, 0.05) is 6.20 Å². The summed E-state index contributed by atoms with van der Waals surface area (Å²) in [5, 5.41) is 14.4. The van der Waals surface area contributed by atoms with Crippen LogP contribution in [-0.2, 0) is 0 Å². The second kappa shape index (κ2) is 6.45. The van der Waals surface area contributed by atoms with Crippen LogP contribution in [-0.4, -0.2) is 23.4 Å². The Morgan fingerprint density at radius 3 is 2.80 bits per heavy atom. The minimum Gasteiger partial charge on any atom is -0.504 e. The topological polar surface area (TPSA) is 66.7 Å². The fraction of sp³-hybridized carbons (Fsp3) is 0.0769. The van der Waals surface area contributed by atoms with Crippen LogP contribution in [0.3, 0.4) is 0 Å². The highest BCUT2D eigenvalue weighted by atomic mass is 35.5. The van der Waals surface area contributed by atoms with Gasteiger partial charge in [0.2, 0.25) is 0 Å². The van der Waals surface area contributed by atoms with E-state index in [1.807, 2.05) is 0 Å². The lowest BCUT2D eigenvalue weighted by molar-refractivity contribution is 0.373. The summed E-state index contributed by atoms with van der Waals surface area (Å²) in [5.74, 6) is 0.835. The van der Waals surface area contributed by atoms with Crippen LogP contribution in [0.1, 0.15) is 5.56 Å². The van der Waals surface area contributed by atoms with Crippen LogP contribution in [0.15, 0.2) is 35.6 Å². The Morgan fingerprint density at radius 2 is 2.15 bits per heavy atom. The number of aromatic nitrogens is 1. The quantitative estimate of drug-likeness (QED) is 0.669. The fourth-order valence-electron chi connectivity index (χ4n) is 1.45. The zero-order valence-electron chi connectivity index (χ0n) is 10.5. The van der Waals surface area contributed by atoms with Gasteiger partial charge in [0.05, 0.1) is 23.4 Å². The summed E-state index contributed by atoms with van der Waals surface area (Å²) < 4.78 is 4.95. The SMILES string of the molecule is COc1ccc(C=NNc2ncc(Cl)cc2Cl)cc1O. The number of benzene rings is 1. The number of anilines is 1. The van der Waals surface area contributed by atoms with Crippen molar-refractivity contribution in [2.24, 2.45) is 5.10 Å². The van der Waals surface area contributed by atoms with E-state index in [1.165, 1.54) is 25.6 Å². The summed E-state index contributed by atoms with van der Waals surface area (Å²) >= 11 is 11.7. The summed E-state index contributed by atoms with van der Waals surface area (Å²) in [6.07, 6.45) is 2.98. The number of hydrogen-bond acceptors (Lipinski definition) is 5. The molecular weight excluding hydrogens is 301 g/mol. The molecule has 1 heterocycles. The molecule has 0 unspecified atom stereocenters. The van der Waals surface area contributed by atoms with Gasteiger partial charge < -0.3 is 9.84 Å². The Kier molecular flexibility index (Phi) is 4.65. The molecule has 2 rings (SSSR count). The van der Waals surface area contributed by atoms with Gasteiger partial charge in [0.25, 0.3) is 0 Å². The average Bonchev–Trinajstić information content (AvgIpc) is 2.41. The predicted octanol–water partition coefficient (Wildman–Crippen LogP) is 3.55. The smallest absolute Gasteiger partial charge is 0.165 e. The highest BCUT2D eigenvalue weighted by Crippen LogP contribution is 2.25. The maximum atomic E-state index is 9.63. The molecule has 0 saturated carbocycles. The molecule has 0 bridgehead atoms. The largest absolute Gasteiger partial charge is 0.504 e. The molecule has 2 N–H and O–H groups in total. The van der Waals surface area contributed by atoms with Crippen molar-refractivity contribution in [1.82, 2.24) is 4.98 Å². The van der Waals surface area contributed by atoms with Gasteiger partial charge in [0.15, 0.2) is 17.3 Å². The van der Waals surface area contributed by atoms with Crippen molar-refractivity contribution in [3.8, 4) is 11.5 Å². The standard InChI is InChI=1S/C13H11Cl2N3O2/c1-20-12-3-2-8(4-11(12)19)6-17-18-13-10(15)5-9(14)7-16-13/h2-7,19H,1H3,(H,16,18). The first-order valence-electron chi connectivity index (χ1n) is 5.57. The van der Waals surface area contributed by atoms with E-state index in [-0.39, 0.29) is 5.75 Å². The molecule has 0 aliphatic carbocycles. The van der Waals surface area contributed by atoms with Gasteiger partial charge in [-0.2, -0.15) is 5.10 Å². The normalized spacial score (nSPS) is 10.8. The van der Waals surface area contributed by atoms with E-state index in [9.17, 15) is 5.11 Å². The van der Waals surface area contributed by atoms with Gasteiger partial charge in [-0.1, -0.05) is 23.2 Å². The first-order chi connectivity index (χ1) is 9.60. The summed E-state index contributed by atoms with van der Waals surface area (Å²) in [6.45, 7) is 0. The van der Waals surface area contributed by atoms with Crippen LogP contribution in [0.5, 0.6) is 11.5 Å². The number of nitrogens with zero attached hydrogens (tertiary/aromatic N) is 2. The highest BCUT2D eigenvalue weighted by molar-refractivity contribution is 6.35. The van der Waals surface area contributed by atoms with Gasteiger partial charge in [0.1, 0.15) is 0 Å². The van der Waals surface area contributed by atoms with E-state index in [0.29, 0.717) is 27.2 Å². The van der Waals surface area contributed by atoms with E-state index in [0.717, 1.165) is 0 Å². The number of ether oxygens (including phenoxy) is 1. The van der Waals surface area contributed by atoms with E-state index in [1.54, 1.807) is 18.2 Å². The molecule has 2 aromatic rings. The maximum Gasteiger partial charge on any atom is 0.165 e.